The summed E-state index contributed by atoms with van der Waals surface area (Å²) in [5.74, 6) is -0.448. The molecular weight excluding hydrogens is 266 g/mol. The van der Waals surface area contributed by atoms with E-state index in [0.717, 1.165) is 25.9 Å². The Labute approximate surface area is 116 Å². The molecule has 0 atom stereocenters. The molecule has 1 fully saturated rings. The standard InChI is InChI=1S/C13H16ClN3O2/c14-12-9(4-3-5-10(12)15)13(19)16-8-11(18)17-6-1-2-7-17/h3-5H,1-2,6-8,15H2,(H,16,19). The Hall–Kier alpha value is -1.75. The van der Waals surface area contributed by atoms with Gasteiger partial charge in [0, 0.05) is 13.1 Å². The molecule has 0 aromatic heterocycles. The van der Waals surface area contributed by atoms with Crippen molar-refractivity contribution in [2.24, 2.45) is 0 Å². The van der Waals surface area contributed by atoms with Crippen LogP contribution in [-0.4, -0.2) is 36.3 Å². The number of nitrogens with zero attached hydrogens (tertiary/aromatic N) is 1. The van der Waals surface area contributed by atoms with Crippen molar-refractivity contribution < 1.29 is 9.59 Å². The van der Waals surface area contributed by atoms with Crippen molar-refractivity contribution in [2.75, 3.05) is 25.4 Å². The lowest BCUT2D eigenvalue weighted by molar-refractivity contribution is -0.129. The molecule has 0 radical (unpaired) electrons. The lowest BCUT2D eigenvalue weighted by Gasteiger charge is -2.15. The summed E-state index contributed by atoms with van der Waals surface area (Å²) in [6, 6.07) is 4.85. The molecule has 1 aromatic carbocycles. The third-order valence-corrected chi connectivity index (χ3v) is 3.55. The number of hydrogen-bond donors (Lipinski definition) is 2. The third-order valence-electron chi connectivity index (χ3n) is 3.13. The summed E-state index contributed by atoms with van der Waals surface area (Å²) in [5.41, 5.74) is 6.26. The van der Waals surface area contributed by atoms with E-state index in [1.165, 1.54) is 0 Å². The number of carbonyl (C=O) groups is 2. The first-order valence-electron chi connectivity index (χ1n) is 6.19. The van der Waals surface area contributed by atoms with E-state index in [-0.39, 0.29) is 28.9 Å². The monoisotopic (exact) mass is 281 g/mol. The molecule has 0 spiro atoms. The van der Waals surface area contributed by atoms with Crippen LogP contribution in [0.25, 0.3) is 0 Å². The fourth-order valence-electron chi connectivity index (χ4n) is 2.05. The highest BCUT2D eigenvalue weighted by atomic mass is 35.5. The van der Waals surface area contributed by atoms with Crippen molar-refractivity contribution in [3.05, 3.63) is 28.8 Å². The van der Waals surface area contributed by atoms with Gasteiger partial charge in [0.25, 0.3) is 5.91 Å². The summed E-state index contributed by atoms with van der Waals surface area (Å²) in [6.07, 6.45) is 2.06. The Morgan fingerprint density at radius 1 is 1.32 bits per heavy atom. The number of hydrogen-bond acceptors (Lipinski definition) is 3. The molecule has 1 aliphatic rings. The van der Waals surface area contributed by atoms with Crippen LogP contribution < -0.4 is 11.1 Å². The second-order valence-corrected chi connectivity index (χ2v) is 4.86. The molecule has 0 bridgehead atoms. The van der Waals surface area contributed by atoms with E-state index >= 15 is 0 Å². The number of nitrogen functional groups attached to an aromatic ring is 1. The van der Waals surface area contributed by atoms with Crippen LogP contribution in [0.3, 0.4) is 0 Å². The highest BCUT2D eigenvalue weighted by molar-refractivity contribution is 6.36. The number of rotatable bonds is 3. The van der Waals surface area contributed by atoms with Crippen LogP contribution in [0.2, 0.25) is 5.02 Å². The van der Waals surface area contributed by atoms with Gasteiger partial charge in [0.05, 0.1) is 22.8 Å². The maximum atomic E-state index is 11.9. The van der Waals surface area contributed by atoms with E-state index in [0.29, 0.717) is 5.69 Å². The fraction of sp³-hybridized carbons (Fsp3) is 0.385. The SMILES string of the molecule is Nc1cccc(C(=O)NCC(=O)N2CCCC2)c1Cl. The van der Waals surface area contributed by atoms with Crippen LogP contribution in [0.5, 0.6) is 0 Å². The molecule has 5 nitrogen and oxygen atoms in total. The number of nitrogens with one attached hydrogen (secondary N) is 1. The van der Waals surface area contributed by atoms with Crippen molar-refractivity contribution >= 4 is 29.1 Å². The zero-order valence-corrected chi connectivity index (χ0v) is 11.2. The van der Waals surface area contributed by atoms with E-state index in [4.69, 9.17) is 17.3 Å². The second kappa shape index (κ2) is 5.93. The Kier molecular flexibility index (Phi) is 4.27. The molecule has 1 aliphatic heterocycles. The quantitative estimate of drug-likeness (QED) is 0.820. The van der Waals surface area contributed by atoms with Gasteiger partial charge in [0.15, 0.2) is 0 Å². The number of nitrogens with two attached hydrogens (primary N) is 1. The molecule has 0 saturated carbocycles. The van der Waals surface area contributed by atoms with Crippen molar-refractivity contribution in [1.82, 2.24) is 10.2 Å². The Morgan fingerprint density at radius 3 is 2.68 bits per heavy atom. The minimum atomic E-state index is -0.384. The molecule has 0 aliphatic carbocycles. The van der Waals surface area contributed by atoms with Crippen molar-refractivity contribution in [1.29, 1.82) is 0 Å². The van der Waals surface area contributed by atoms with E-state index in [2.05, 4.69) is 5.32 Å². The van der Waals surface area contributed by atoms with Crippen LogP contribution in [0.4, 0.5) is 5.69 Å². The van der Waals surface area contributed by atoms with Gasteiger partial charge in [0.2, 0.25) is 5.91 Å². The summed E-state index contributed by atoms with van der Waals surface area (Å²) < 4.78 is 0. The summed E-state index contributed by atoms with van der Waals surface area (Å²) in [7, 11) is 0. The maximum Gasteiger partial charge on any atom is 0.253 e. The van der Waals surface area contributed by atoms with Crippen molar-refractivity contribution in [3.63, 3.8) is 0 Å². The van der Waals surface area contributed by atoms with Crippen molar-refractivity contribution in [3.8, 4) is 0 Å². The first-order valence-corrected chi connectivity index (χ1v) is 6.57. The normalized spacial score (nSPS) is 14.5. The number of benzene rings is 1. The molecule has 2 amide bonds. The molecule has 1 heterocycles. The number of carbonyl (C=O) groups excluding carboxylic acids is 2. The number of likely N-dealkylation sites (tertiary alicyclic amines) is 1. The smallest absolute Gasteiger partial charge is 0.253 e. The Morgan fingerprint density at radius 2 is 2.00 bits per heavy atom. The van der Waals surface area contributed by atoms with Gasteiger partial charge in [-0.25, -0.2) is 0 Å². The van der Waals surface area contributed by atoms with Crippen LogP contribution in [-0.2, 0) is 4.79 Å². The van der Waals surface area contributed by atoms with Gasteiger partial charge < -0.3 is 16.0 Å². The van der Waals surface area contributed by atoms with E-state index in [1.54, 1.807) is 23.1 Å². The maximum absolute atomic E-state index is 11.9. The van der Waals surface area contributed by atoms with Gasteiger partial charge in [0.1, 0.15) is 0 Å². The number of anilines is 1. The first-order chi connectivity index (χ1) is 9.09. The van der Waals surface area contributed by atoms with Gasteiger partial charge in [-0.15, -0.1) is 0 Å². The van der Waals surface area contributed by atoms with E-state index in [9.17, 15) is 9.59 Å². The summed E-state index contributed by atoms with van der Waals surface area (Å²) in [4.78, 5) is 25.5. The molecule has 2 rings (SSSR count). The average Bonchev–Trinajstić information content (AvgIpc) is 2.93. The lowest BCUT2D eigenvalue weighted by Crippen LogP contribution is -2.38. The largest absolute Gasteiger partial charge is 0.398 e. The van der Waals surface area contributed by atoms with Gasteiger partial charge in [-0.2, -0.15) is 0 Å². The highest BCUT2D eigenvalue weighted by Crippen LogP contribution is 2.22. The first kappa shape index (κ1) is 13.7. The van der Waals surface area contributed by atoms with Crippen molar-refractivity contribution in [2.45, 2.75) is 12.8 Å². The molecular formula is C13H16ClN3O2. The summed E-state index contributed by atoms with van der Waals surface area (Å²) >= 11 is 5.95. The molecule has 0 unspecified atom stereocenters. The van der Waals surface area contributed by atoms with Crippen LogP contribution >= 0.6 is 11.6 Å². The molecule has 102 valence electrons. The minimum absolute atomic E-state index is 0.00996. The topological polar surface area (TPSA) is 75.4 Å². The van der Waals surface area contributed by atoms with E-state index in [1.807, 2.05) is 0 Å². The average molecular weight is 282 g/mol. The van der Waals surface area contributed by atoms with Crippen LogP contribution in [0, 0.1) is 0 Å². The molecule has 6 heteroatoms. The van der Waals surface area contributed by atoms with E-state index < -0.39 is 0 Å². The number of halogens is 1. The Balaban J connectivity index is 1.94. The zero-order valence-electron chi connectivity index (χ0n) is 10.5. The zero-order chi connectivity index (χ0) is 13.8. The lowest BCUT2D eigenvalue weighted by atomic mass is 10.2. The molecule has 3 N–H and O–H groups in total. The molecule has 1 saturated heterocycles. The highest BCUT2D eigenvalue weighted by Gasteiger charge is 2.19. The molecule has 1 aromatic rings. The summed E-state index contributed by atoms with van der Waals surface area (Å²) in [5, 5.41) is 2.79. The van der Waals surface area contributed by atoms with Crippen LogP contribution in [0.1, 0.15) is 23.2 Å². The minimum Gasteiger partial charge on any atom is -0.398 e. The number of amides is 2. The predicted octanol–water partition coefficient (Wildman–Crippen LogP) is 1.27. The predicted molar refractivity (Wildman–Crippen MR) is 74.0 cm³/mol. The molecule has 19 heavy (non-hydrogen) atoms. The van der Waals surface area contributed by atoms with Gasteiger partial charge in [-0.1, -0.05) is 17.7 Å². The second-order valence-electron chi connectivity index (χ2n) is 4.48. The van der Waals surface area contributed by atoms with Gasteiger partial charge >= 0.3 is 0 Å². The summed E-state index contributed by atoms with van der Waals surface area (Å²) in [6.45, 7) is 1.53. The van der Waals surface area contributed by atoms with Crippen LogP contribution in [0.15, 0.2) is 18.2 Å². The third kappa shape index (κ3) is 3.17. The fourth-order valence-corrected chi connectivity index (χ4v) is 2.27. The Bertz CT molecular complexity index is 499. The van der Waals surface area contributed by atoms with Gasteiger partial charge in [-0.05, 0) is 25.0 Å². The van der Waals surface area contributed by atoms with Gasteiger partial charge in [-0.3, -0.25) is 9.59 Å².